The lowest BCUT2D eigenvalue weighted by Gasteiger charge is -2.26. The second kappa shape index (κ2) is 11.3. The molecule has 0 aliphatic carbocycles. The Morgan fingerprint density at radius 3 is 2.55 bits per heavy atom. The smallest absolute Gasteiger partial charge is 0.123 e. The molecule has 0 amide bonds. The van der Waals surface area contributed by atoms with E-state index in [9.17, 15) is 14.6 Å². The Labute approximate surface area is 183 Å². The van der Waals surface area contributed by atoms with Crippen molar-refractivity contribution in [2.24, 2.45) is 0 Å². The number of hydrogen-bond acceptors (Lipinski definition) is 4. The van der Waals surface area contributed by atoms with Crippen LogP contribution in [0.15, 0.2) is 48.5 Å². The minimum atomic E-state index is -0.542. The lowest BCUT2D eigenvalue weighted by molar-refractivity contribution is 0.0909. The number of nitrogens with zero attached hydrogens (tertiary/aromatic N) is 2. The molecule has 0 aliphatic heterocycles. The summed E-state index contributed by atoms with van der Waals surface area (Å²) < 4.78 is 19.7. The van der Waals surface area contributed by atoms with Crippen molar-refractivity contribution < 1.29 is 19.3 Å². The van der Waals surface area contributed by atoms with Gasteiger partial charge in [-0.15, -0.1) is 0 Å². The molecule has 1 aromatic heterocycles. The number of aliphatic hydroxyl groups is 2. The van der Waals surface area contributed by atoms with Crippen molar-refractivity contribution in [1.29, 1.82) is 0 Å². The molecule has 5 nitrogen and oxygen atoms in total. The van der Waals surface area contributed by atoms with Crippen LogP contribution in [0.2, 0.25) is 0 Å². The van der Waals surface area contributed by atoms with Gasteiger partial charge < -0.3 is 19.5 Å². The van der Waals surface area contributed by atoms with Crippen LogP contribution in [-0.2, 0) is 13.1 Å². The van der Waals surface area contributed by atoms with Gasteiger partial charge in [-0.2, -0.15) is 0 Å². The van der Waals surface area contributed by atoms with Crippen LogP contribution >= 0.6 is 0 Å². The first-order chi connectivity index (χ1) is 15.0. The standard InChI is InChI=1S/C25H33FN2O3/c1-19-20(2)28(25-7-4-3-6-24(19)25)18-22(30)17-27(13-5-14-29)16-21-8-10-23(11-9-21)31-15-12-26/h3-4,6-11,22,29-30H,5,12-18H2,1-2H3. The molecule has 3 aromatic rings. The van der Waals surface area contributed by atoms with Crippen molar-refractivity contribution in [3.05, 3.63) is 65.4 Å². The fraction of sp³-hybridized carbons (Fsp3) is 0.440. The molecule has 0 radical (unpaired) electrons. The molecule has 31 heavy (non-hydrogen) atoms. The zero-order chi connectivity index (χ0) is 22.2. The Morgan fingerprint density at radius 2 is 1.84 bits per heavy atom. The molecule has 0 bridgehead atoms. The number of fused-ring (bicyclic) bond motifs is 1. The van der Waals surface area contributed by atoms with E-state index in [2.05, 4.69) is 35.4 Å². The van der Waals surface area contributed by atoms with Crippen molar-refractivity contribution in [3.63, 3.8) is 0 Å². The van der Waals surface area contributed by atoms with Gasteiger partial charge in [-0.25, -0.2) is 4.39 Å². The molecule has 168 valence electrons. The van der Waals surface area contributed by atoms with E-state index in [-0.39, 0.29) is 13.2 Å². The largest absolute Gasteiger partial charge is 0.491 e. The summed E-state index contributed by atoms with van der Waals surface area (Å²) in [5.41, 5.74) is 4.64. The number of ether oxygens (including phenoxy) is 1. The van der Waals surface area contributed by atoms with Gasteiger partial charge in [0.1, 0.15) is 19.0 Å². The normalized spacial score (nSPS) is 12.6. The lowest BCUT2D eigenvalue weighted by Crippen LogP contribution is -2.35. The second-order valence-electron chi connectivity index (χ2n) is 7.99. The third-order valence-electron chi connectivity index (χ3n) is 5.72. The molecule has 0 saturated carbocycles. The molecule has 0 fully saturated rings. The van der Waals surface area contributed by atoms with E-state index in [0.29, 0.717) is 38.3 Å². The molecule has 0 saturated heterocycles. The molecule has 1 unspecified atom stereocenters. The fourth-order valence-corrected chi connectivity index (χ4v) is 4.04. The van der Waals surface area contributed by atoms with Gasteiger partial charge in [0.2, 0.25) is 0 Å². The van der Waals surface area contributed by atoms with Crippen molar-refractivity contribution in [2.45, 2.75) is 39.5 Å². The molecule has 2 aromatic carbocycles. The van der Waals surface area contributed by atoms with Crippen LogP contribution in [-0.4, -0.2) is 58.8 Å². The van der Waals surface area contributed by atoms with Crippen LogP contribution in [0.5, 0.6) is 5.75 Å². The highest BCUT2D eigenvalue weighted by molar-refractivity contribution is 5.85. The first-order valence-electron chi connectivity index (χ1n) is 10.9. The zero-order valence-corrected chi connectivity index (χ0v) is 18.4. The second-order valence-corrected chi connectivity index (χ2v) is 7.99. The van der Waals surface area contributed by atoms with Crippen LogP contribution < -0.4 is 4.74 Å². The van der Waals surface area contributed by atoms with Crippen molar-refractivity contribution in [1.82, 2.24) is 9.47 Å². The number of alkyl halides is 1. The maximum absolute atomic E-state index is 12.3. The van der Waals surface area contributed by atoms with Crippen LogP contribution in [0, 0.1) is 13.8 Å². The monoisotopic (exact) mass is 428 g/mol. The number of rotatable bonds is 12. The van der Waals surface area contributed by atoms with Gasteiger partial charge in [-0.3, -0.25) is 4.90 Å². The lowest BCUT2D eigenvalue weighted by atomic mass is 10.2. The number of benzene rings is 2. The van der Waals surface area contributed by atoms with E-state index >= 15 is 0 Å². The number of para-hydroxylation sites is 1. The van der Waals surface area contributed by atoms with E-state index in [0.717, 1.165) is 11.1 Å². The predicted octanol–water partition coefficient (Wildman–Crippen LogP) is 3.85. The first-order valence-corrected chi connectivity index (χ1v) is 10.9. The minimum Gasteiger partial charge on any atom is -0.491 e. The summed E-state index contributed by atoms with van der Waals surface area (Å²) in [6, 6.07) is 15.9. The van der Waals surface area contributed by atoms with E-state index in [1.807, 2.05) is 36.4 Å². The molecule has 1 atom stereocenters. The maximum Gasteiger partial charge on any atom is 0.123 e. The highest BCUT2D eigenvalue weighted by Crippen LogP contribution is 2.25. The summed E-state index contributed by atoms with van der Waals surface area (Å²) in [4.78, 5) is 2.16. The van der Waals surface area contributed by atoms with Gasteiger partial charge in [-0.1, -0.05) is 30.3 Å². The van der Waals surface area contributed by atoms with Crippen molar-refractivity contribution in [3.8, 4) is 5.75 Å². The molecule has 3 rings (SSSR count). The molecular weight excluding hydrogens is 395 g/mol. The summed E-state index contributed by atoms with van der Waals surface area (Å²) in [5.74, 6) is 0.647. The third-order valence-corrected chi connectivity index (χ3v) is 5.72. The molecule has 0 spiro atoms. The average Bonchev–Trinajstić information content (AvgIpc) is 3.02. The molecule has 0 aliphatic rings. The minimum absolute atomic E-state index is 0.0567. The molecule has 6 heteroatoms. The van der Waals surface area contributed by atoms with Crippen molar-refractivity contribution >= 4 is 10.9 Å². The molecular formula is C25H33FN2O3. The van der Waals surface area contributed by atoms with Gasteiger partial charge in [0.25, 0.3) is 0 Å². The SMILES string of the molecule is Cc1c(C)n(CC(O)CN(CCCO)Cc2ccc(OCCF)cc2)c2ccccc12. The topological polar surface area (TPSA) is 57.9 Å². The van der Waals surface area contributed by atoms with Crippen LogP contribution in [0.25, 0.3) is 10.9 Å². The summed E-state index contributed by atoms with van der Waals surface area (Å²) in [7, 11) is 0. The van der Waals surface area contributed by atoms with Gasteiger partial charge in [-0.05, 0) is 49.6 Å². The Hall–Kier alpha value is -2.41. The number of aromatic nitrogens is 1. The van der Waals surface area contributed by atoms with E-state index in [1.54, 1.807) is 0 Å². The number of halogens is 1. The quantitative estimate of drug-likeness (QED) is 0.460. The van der Waals surface area contributed by atoms with E-state index in [4.69, 9.17) is 4.74 Å². The molecule has 2 N–H and O–H groups in total. The summed E-state index contributed by atoms with van der Waals surface area (Å²) in [6.07, 6.45) is 0.106. The first kappa shape index (κ1) is 23.3. The highest BCUT2D eigenvalue weighted by atomic mass is 19.1. The summed E-state index contributed by atoms with van der Waals surface area (Å²) in [5, 5.41) is 21.4. The molecule has 1 heterocycles. The number of aryl methyl sites for hydroxylation is 1. The van der Waals surface area contributed by atoms with Gasteiger partial charge in [0, 0.05) is 42.8 Å². The Kier molecular flexibility index (Phi) is 8.46. The van der Waals surface area contributed by atoms with Crippen molar-refractivity contribution in [2.75, 3.05) is 33.0 Å². The van der Waals surface area contributed by atoms with Crippen LogP contribution in [0.4, 0.5) is 4.39 Å². The van der Waals surface area contributed by atoms with Crippen LogP contribution in [0.3, 0.4) is 0 Å². The highest BCUT2D eigenvalue weighted by Gasteiger charge is 2.17. The van der Waals surface area contributed by atoms with Gasteiger partial charge in [0.05, 0.1) is 12.6 Å². The predicted molar refractivity (Wildman–Crippen MR) is 122 cm³/mol. The van der Waals surface area contributed by atoms with Gasteiger partial charge >= 0.3 is 0 Å². The number of hydrogen-bond donors (Lipinski definition) is 2. The van der Waals surface area contributed by atoms with E-state index in [1.165, 1.54) is 16.6 Å². The summed E-state index contributed by atoms with van der Waals surface area (Å²) >= 11 is 0. The Morgan fingerprint density at radius 1 is 1.10 bits per heavy atom. The van der Waals surface area contributed by atoms with Crippen LogP contribution in [0.1, 0.15) is 23.2 Å². The van der Waals surface area contributed by atoms with E-state index < -0.39 is 12.8 Å². The Balaban J connectivity index is 1.67. The Bertz CT molecular complexity index is 955. The van der Waals surface area contributed by atoms with Gasteiger partial charge in [0.15, 0.2) is 0 Å². The number of aliphatic hydroxyl groups excluding tert-OH is 2. The third kappa shape index (κ3) is 6.06. The summed E-state index contributed by atoms with van der Waals surface area (Å²) in [6.45, 7) is 6.25. The average molecular weight is 429 g/mol. The zero-order valence-electron chi connectivity index (χ0n) is 18.4. The maximum atomic E-state index is 12.3. The fourth-order valence-electron chi connectivity index (χ4n) is 4.04.